The normalized spacial score (nSPS) is 21.1. The number of ether oxygens (including phenoxy) is 1. The first-order valence-electron chi connectivity index (χ1n) is 6.87. The summed E-state index contributed by atoms with van der Waals surface area (Å²) < 4.78 is 5.64. The lowest BCUT2D eigenvalue weighted by Crippen LogP contribution is -2.17. The molecule has 100 valence electrons. The van der Waals surface area contributed by atoms with E-state index in [0.717, 1.165) is 18.9 Å². The average molecular weight is 265 g/mol. The third-order valence-electron chi connectivity index (χ3n) is 3.35. The van der Waals surface area contributed by atoms with Crippen molar-refractivity contribution in [2.45, 2.75) is 43.7 Å². The molecule has 0 aliphatic carbocycles. The van der Waals surface area contributed by atoms with Gasteiger partial charge in [-0.3, -0.25) is 0 Å². The Bertz CT molecular complexity index is 346. The molecule has 3 heteroatoms. The SMILES string of the molecule is CCNC(C)c1ccc(SCC2CCCO2)cc1. The van der Waals surface area contributed by atoms with Gasteiger partial charge in [-0.15, -0.1) is 11.8 Å². The van der Waals surface area contributed by atoms with E-state index in [-0.39, 0.29) is 0 Å². The summed E-state index contributed by atoms with van der Waals surface area (Å²) in [5.74, 6) is 1.09. The summed E-state index contributed by atoms with van der Waals surface area (Å²) >= 11 is 1.91. The van der Waals surface area contributed by atoms with Crippen LogP contribution in [0.1, 0.15) is 38.3 Å². The highest BCUT2D eigenvalue weighted by atomic mass is 32.2. The molecule has 2 unspecified atom stereocenters. The molecule has 0 bridgehead atoms. The number of rotatable bonds is 6. The molecule has 1 saturated heterocycles. The second-order valence-corrected chi connectivity index (χ2v) is 5.89. The highest BCUT2D eigenvalue weighted by Gasteiger charge is 2.15. The maximum atomic E-state index is 5.64. The van der Waals surface area contributed by atoms with Crippen LogP contribution in [0.4, 0.5) is 0 Å². The van der Waals surface area contributed by atoms with E-state index in [1.54, 1.807) is 0 Å². The van der Waals surface area contributed by atoms with Crippen LogP contribution in [0, 0.1) is 0 Å². The standard InChI is InChI=1S/C15H23NOS/c1-3-16-12(2)13-6-8-15(9-7-13)18-11-14-5-4-10-17-14/h6-9,12,14,16H,3-5,10-11H2,1-2H3. The van der Waals surface area contributed by atoms with E-state index >= 15 is 0 Å². The van der Waals surface area contributed by atoms with Gasteiger partial charge in [-0.2, -0.15) is 0 Å². The van der Waals surface area contributed by atoms with E-state index in [4.69, 9.17) is 4.74 Å². The molecule has 0 amide bonds. The van der Waals surface area contributed by atoms with Crippen LogP contribution in [0.15, 0.2) is 29.2 Å². The van der Waals surface area contributed by atoms with Gasteiger partial charge in [0.15, 0.2) is 0 Å². The van der Waals surface area contributed by atoms with Gasteiger partial charge in [-0.05, 0) is 44.0 Å². The van der Waals surface area contributed by atoms with Crippen LogP contribution < -0.4 is 5.32 Å². The van der Waals surface area contributed by atoms with Crippen molar-refractivity contribution in [3.05, 3.63) is 29.8 Å². The Hall–Kier alpha value is -0.510. The van der Waals surface area contributed by atoms with Crippen molar-refractivity contribution in [2.24, 2.45) is 0 Å². The van der Waals surface area contributed by atoms with Crippen LogP contribution in [0.2, 0.25) is 0 Å². The summed E-state index contributed by atoms with van der Waals surface area (Å²) in [7, 11) is 0. The molecular formula is C15H23NOS. The monoisotopic (exact) mass is 265 g/mol. The van der Waals surface area contributed by atoms with Gasteiger partial charge in [-0.25, -0.2) is 0 Å². The molecular weight excluding hydrogens is 242 g/mol. The molecule has 2 atom stereocenters. The van der Waals surface area contributed by atoms with Crippen LogP contribution in [-0.2, 0) is 4.74 Å². The largest absolute Gasteiger partial charge is 0.377 e. The smallest absolute Gasteiger partial charge is 0.0669 e. The molecule has 0 saturated carbocycles. The van der Waals surface area contributed by atoms with Gasteiger partial charge in [0.2, 0.25) is 0 Å². The first-order valence-corrected chi connectivity index (χ1v) is 7.86. The van der Waals surface area contributed by atoms with Crippen molar-refractivity contribution < 1.29 is 4.74 Å². The minimum absolute atomic E-state index is 0.437. The van der Waals surface area contributed by atoms with Gasteiger partial charge in [0.05, 0.1) is 6.10 Å². The molecule has 2 rings (SSSR count). The molecule has 0 radical (unpaired) electrons. The lowest BCUT2D eigenvalue weighted by atomic mass is 10.1. The van der Waals surface area contributed by atoms with Crippen molar-refractivity contribution in [1.82, 2.24) is 5.32 Å². The highest BCUT2D eigenvalue weighted by molar-refractivity contribution is 7.99. The second kappa shape index (κ2) is 7.17. The zero-order valence-corrected chi connectivity index (χ0v) is 12.1. The first-order chi connectivity index (χ1) is 8.79. The maximum Gasteiger partial charge on any atom is 0.0669 e. The van der Waals surface area contributed by atoms with Gasteiger partial charge < -0.3 is 10.1 Å². The molecule has 1 N–H and O–H groups in total. The Labute approximate surface area is 114 Å². The minimum Gasteiger partial charge on any atom is -0.377 e. The Morgan fingerprint density at radius 1 is 1.39 bits per heavy atom. The van der Waals surface area contributed by atoms with Crippen LogP contribution in [0.3, 0.4) is 0 Å². The van der Waals surface area contributed by atoms with Crippen LogP contribution in [0.5, 0.6) is 0 Å². The summed E-state index contributed by atoms with van der Waals surface area (Å²) in [4.78, 5) is 1.35. The number of nitrogens with one attached hydrogen (secondary N) is 1. The molecule has 18 heavy (non-hydrogen) atoms. The first kappa shape index (κ1) is 13.9. The number of thioether (sulfide) groups is 1. The summed E-state index contributed by atoms with van der Waals surface area (Å²) in [6.45, 7) is 6.31. The fourth-order valence-corrected chi connectivity index (χ4v) is 3.21. The van der Waals surface area contributed by atoms with Crippen LogP contribution in [-0.4, -0.2) is 25.0 Å². The van der Waals surface area contributed by atoms with E-state index in [2.05, 4.69) is 43.4 Å². The third-order valence-corrected chi connectivity index (χ3v) is 4.49. The van der Waals surface area contributed by atoms with Crippen molar-refractivity contribution in [2.75, 3.05) is 18.9 Å². The Morgan fingerprint density at radius 3 is 2.78 bits per heavy atom. The van der Waals surface area contributed by atoms with Crippen molar-refractivity contribution in [1.29, 1.82) is 0 Å². The number of hydrogen-bond donors (Lipinski definition) is 1. The third kappa shape index (κ3) is 4.01. The number of hydrogen-bond acceptors (Lipinski definition) is 3. The summed E-state index contributed by atoms with van der Waals surface area (Å²) in [6.07, 6.45) is 2.92. The van der Waals surface area contributed by atoms with E-state index in [1.807, 2.05) is 11.8 Å². The quantitative estimate of drug-likeness (QED) is 0.794. The summed E-state index contributed by atoms with van der Waals surface area (Å²) in [5.41, 5.74) is 1.36. The van der Waals surface area contributed by atoms with Gasteiger partial charge in [0, 0.05) is 23.3 Å². The van der Waals surface area contributed by atoms with Crippen LogP contribution in [0.25, 0.3) is 0 Å². The topological polar surface area (TPSA) is 21.3 Å². The lowest BCUT2D eigenvalue weighted by Gasteiger charge is -2.13. The van der Waals surface area contributed by atoms with Crippen molar-refractivity contribution in [3.63, 3.8) is 0 Å². The fraction of sp³-hybridized carbons (Fsp3) is 0.600. The molecule has 1 heterocycles. The van der Waals surface area contributed by atoms with E-state index < -0.39 is 0 Å². The zero-order chi connectivity index (χ0) is 12.8. The molecule has 1 aliphatic rings. The molecule has 1 fully saturated rings. The average Bonchev–Trinajstić information content (AvgIpc) is 2.90. The minimum atomic E-state index is 0.437. The predicted molar refractivity (Wildman–Crippen MR) is 78.2 cm³/mol. The molecule has 1 aliphatic heterocycles. The highest BCUT2D eigenvalue weighted by Crippen LogP contribution is 2.25. The number of benzene rings is 1. The van der Waals surface area contributed by atoms with Crippen molar-refractivity contribution >= 4 is 11.8 Å². The summed E-state index contributed by atoms with van der Waals surface area (Å²) in [5, 5.41) is 3.43. The van der Waals surface area contributed by atoms with Crippen LogP contribution >= 0.6 is 11.8 Å². The van der Waals surface area contributed by atoms with Gasteiger partial charge in [0.1, 0.15) is 0 Å². The summed E-state index contributed by atoms with van der Waals surface area (Å²) in [6, 6.07) is 9.34. The van der Waals surface area contributed by atoms with Gasteiger partial charge in [-0.1, -0.05) is 19.1 Å². The van der Waals surface area contributed by atoms with Crippen molar-refractivity contribution in [3.8, 4) is 0 Å². The Morgan fingerprint density at radius 2 is 2.17 bits per heavy atom. The van der Waals surface area contributed by atoms with E-state index in [9.17, 15) is 0 Å². The van der Waals surface area contributed by atoms with E-state index in [0.29, 0.717) is 12.1 Å². The maximum absolute atomic E-state index is 5.64. The molecule has 0 aromatic heterocycles. The second-order valence-electron chi connectivity index (χ2n) is 4.79. The Kier molecular flexibility index (Phi) is 5.54. The predicted octanol–water partition coefficient (Wildman–Crippen LogP) is 3.63. The zero-order valence-electron chi connectivity index (χ0n) is 11.3. The molecule has 0 spiro atoms. The fourth-order valence-electron chi connectivity index (χ4n) is 2.24. The Balaban J connectivity index is 1.83. The van der Waals surface area contributed by atoms with Gasteiger partial charge >= 0.3 is 0 Å². The molecule has 2 nitrogen and oxygen atoms in total. The molecule has 1 aromatic carbocycles. The van der Waals surface area contributed by atoms with E-state index in [1.165, 1.54) is 23.3 Å². The molecule has 1 aromatic rings. The van der Waals surface area contributed by atoms with Gasteiger partial charge in [0.25, 0.3) is 0 Å². The lowest BCUT2D eigenvalue weighted by molar-refractivity contribution is 0.129.